The van der Waals surface area contributed by atoms with Crippen LogP contribution in [0.25, 0.3) is 22.3 Å². The molecule has 37 heavy (non-hydrogen) atoms. The van der Waals surface area contributed by atoms with Crippen LogP contribution in [0.3, 0.4) is 0 Å². The highest BCUT2D eigenvalue weighted by Gasteiger charge is 2.35. The van der Waals surface area contributed by atoms with Gasteiger partial charge in [0.05, 0.1) is 46.7 Å². The van der Waals surface area contributed by atoms with Gasteiger partial charge in [0.25, 0.3) is 11.8 Å². The molecule has 9 nitrogen and oxygen atoms in total. The molecule has 188 valence electrons. The number of nitrogens with zero attached hydrogens (tertiary/aromatic N) is 6. The summed E-state index contributed by atoms with van der Waals surface area (Å²) in [6, 6.07) is 10.1. The number of aromatic nitrogens is 5. The molecule has 0 aliphatic rings. The Morgan fingerprint density at radius 1 is 1.24 bits per heavy atom. The monoisotopic (exact) mass is 520 g/mol. The number of alkyl halides is 2. The van der Waals surface area contributed by atoms with E-state index in [0.29, 0.717) is 40.2 Å². The molecule has 3 heterocycles. The van der Waals surface area contributed by atoms with Crippen LogP contribution in [-0.2, 0) is 4.79 Å². The number of carbonyl (C=O) groups is 1. The molecule has 1 atom stereocenters. The Bertz CT molecular complexity index is 1560. The topological polar surface area (TPSA) is 124 Å². The van der Waals surface area contributed by atoms with E-state index in [0.717, 1.165) is 6.20 Å². The van der Waals surface area contributed by atoms with Crippen molar-refractivity contribution in [3.63, 3.8) is 0 Å². The molecule has 3 aromatic heterocycles. The maximum atomic E-state index is 14.9. The third kappa shape index (κ3) is 5.57. The maximum Gasteiger partial charge on any atom is 0.287 e. The largest absolute Gasteiger partial charge is 0.404 e. The molecule has 1 amide bonds. The van der Waals surface area contributed by atoms with Crippen LogP contribution in [0.15, 0.2) is 78.3 Å². The maximum absolute atomic E-state index is 14.9. The Morgan fingerprint density at radius 3 is 2.57 bits per heavy atom. The number of benzene rings is 1. The van der Waals surface area contributed by atoms with E-state index in [4.69, 9.17) is 5.73 Å². The first-order valence-corrected chi connectivity index (χ1v) is 11.5. The Hall–Kier alpha value is -4.37. The predicted molar refractivity (Wildman–Crippen MR) is 144 cm³/mol. The van der Waals surface area contributed by atoms with Crippen LogP contribution in [0, 0.1) is 0 Å². The average Bonchev–Trinajstić information content (AvgIpc) is 3.37. The molecule has 0 aliphatic heterocycles. The zero-order valence-corrected chi connectivity index (χ0v) is 21.1. The molecule has 0 spiro atoms. The third-order valence-corrected chi connectivity index (χ3v) is 5.63. The van der Waals surface area contributed by atoms with Gasteiger partial charge in [0.2, 0.25) is 0 Å². The molecular weight excluding hydrogens is 497 g/mol. The summed E-state index contributed by atoms with van der Waals surface area (Å²) >= 11 is 0. The van der Waals surface area contributed by atoms with Gasteiger partial charge < -0.3 is 11.1 Å². The summed E-state index contributed by atoms with van der Waals surface area (Å²) in [6.45, 7) is 6.29. The molecular formula is C25H23F2N8OP. The van der Waals surface area contributed by atoms with Crippen molar-refractivity contribution >= 4 is 54.0 Å². The van der Waals surface area contributed by atoms with Crippen LogP contribution in [0.1, 0.15) is 19.5 Å². The van der Waals surface area contributed by atoms with Crippen LogP contribution in [0.5, 0.6) is 0 Å². The van der Waals surface area contributed by atoms with Gasteiger partial charge in [-0.2, -0.15) is 19.0 Å². The number of allylic oxidation sites excluding steroid dienone is 1. The minimum atomic E-state index is -3.50. The molecule has 0 aliphatic carbocycles. The minimum Gasteiger partial charge on any atom is -0.404 e. The summed E-state index contributed by atoms with van der Waals surface area (Å²) < 4.78 is 29.7. The zero-order valence-electron chi connectivity index (χ0n) is 20.0. The van der Waals surface area contributed by atoms with Gasteiger partial charge in [0.1, 0.15) is 5.71 Å². The molecule has 3 N–H and O–H groups in total. The number of rotatable bonds is 7. The van der Waals surface area contributed by atoms with E-state index in [9.17, 15) is 13.6 Å². The van der Waals surface area contributed by atoms with Crippen LogP contribution in [-0.4, -0.2) is 42.5 Å². The first kappa shape index (κ1) is 25.7. The normalized spacial score (nSPS) is 12.6. The number of nitrogens with one attached hydrogen (secondary N) is 1. The second-order valence-electron chi connectivity index (χ2n) is 8.16. The standard InChI is InChI=1S/C25H23F2N8OP/c1-14(2)19-11-20(16-6-4-5-7-18(16)33-19)34-22(25(3,26)27)17(12-28)24(36)32-15-10-21(37)23(29-13-15)35-30-8-9-31-35/h4-13H,1,28,37H2,2-3H3,(H,32,36). The summed E-state index contributed by atoms with van der Waals surface area (Å²) in [5.74, 6) is -3.96. The van der Waals surface area contributed by atoms with Gasteiger partial charge >= 0.3 is 0 Å². The van der Waals surface area contributed by atoms with Crippen molar-refractivity contribution in [3.05, 3.63) is 79.0 Å². The lowest BCUT2D eigenvalue weighted by atomic mass is 10.0. The Kier molecular flexibility index (Phi) is 7.17. The fourth-order valence-electron chi connectivity index (χ4n) is 3.48. The summed E-state index contributed by atoms with van der Waals surface area (Å²) in [5, 5.41) is 11.7. The van der Waals surface area contributed by atoms with E-state index < -0.39 is 23.1 Å². The molecule has 0 bridgehead atoms. The number of para-hydroxylation sites is 1. The summed E-state index contributed by atoms with van der Waals surface area (Å²) in [4.78, 5) is 27.4. The fourth-order valence-corrected chi connectivity index (χ4v) is 3.85. The highest BCUT2D eigenvalue weighted by atomic mass is 31.0. The first-order valence-electron chi connectivity index (χ1n) is 11.0. The van der Waals surface area contributed by atoms with Crippen LogP contribution >= 0.6 is 9.24 Å². The summed E-state index contributed by atoms with van der Waals surface area (Å²) in [6.07, 6.45) is 5.16. The van der Waals surface area contributed by atoms with Crippen molar-refractivity contribution < 1.29 is 13.6 Å². The number of hydrogen-bond donors (Lipinski definition) is 2. The molecule has 0 saturated carbocycles. The van der Waals surface area contributed by atoms with Crippen molar-refractivity contribution in [2.24, 2.45) is 10.7 Å². The lowest BCUT2D eigenvalue weighted by molar-refractivity contribution is -0.112. The van der Waals surface area contributed by atoms with E-state index in [1.165, 1.54) is 23.4 Å². The Balaban J connectivity index is 1.73. The van der Waals surface area contributed by atoms with Gasteiger partial charge in [-0.25, -0.2) is 15.0 Å². The van der Waals surface area contributed by atoms with Gasteiger partial charge in [-0.05, 0) is 30.7 Å². The van der Waals surface area contributed by atoms with Gasteiger partial charge in [-0.1, -0.05) is 24.8 Å². The second-order valence-corrected chi connectivity index (χ2v) is 8.78. The Morgan fingerprint density at radius 2 is 1.95 bits per heavy atom. The highest BCUT2D eigenvalue weighted by molar-refractivity contribution is 7.27. The number of fused-ring (bicyclic) bond motifs is 1. The molecule has 0 fully saturated rings. The highest BCUT2D eigenvalue weighted by Crippen LogP contribution is 2.31. The number of amides is 1. The molecule has 1 aromatic carbocycles. The van der Waals surface area contributed by atoms with E-state index in [1.54, 1.807) is 43.3 Å². The van der Waals surface area contributed by atoms with E-state index in [1.807, 2.05) is 0 Å². The molecule has 0 saturated heterocycles. The molecule has 4 rings (SSSR count). The third-order valence-electron chi connectivity index (χ3n) is 5.21. The van der Waals surface area contributed by atoms with Crippen molar-refractivity contribution in [3.8, 4) is 5.82 Å². The predicted octanol–water partition coefficient (Wildman–Crippen LogP) is 3.95. The lowest BCUT2D eigenvalue weighted by Gasteiger charge is -2.18. The van der Waals surface area contributed by atoms with Crippen LogP contribution in [0.2, 0.25) is 0 Å². The number of carbonyl (C=O) groups excluding carboxylic acids is 1. The number of halogens is 2. The SMILES string of the molecule is C=C(C)c1cc(N=C(C(=CN)C(=O)Nc2cnc(-n3nccn3)c(P)c2)C(C)(F)F)c2ccccc2n1. The van der Waals surface area contributed by atoms with Crippen LogP contribution < -0.4 is 16.4 Å². The smallest absolute Gasteiger partial charge is 0.287 e. The van der Waals surface area contributed by atoms with Gasteiger partial charge in [-0.3, -0.25) is 4.79 Å². The van der Waals surface area contributed by atoms with Crippen molar-refractivity contribution in [2.45, 2.75) is 19.8 Å². The van der Waals surface area contributed by atoms with E-state index >= 15 is 0 Å². The summed E-state index contributed by atoms with van der Waals surface area (Å²) in [7, 11) is 2.46. The number of hydrogen-bond acceptors (Lipinski definition) is 7. The number of nitrogens with two attached hydrogens (primary N) is 1. The lowest BCUT2D eigenvalue weighted by Crippen LogP contribution is -2.33. The van der Waals surface area contributed by atoms with Gasteiger partial charge in [0, 0.05) is 23.8 Å². The molecule has 0 radical (unpaired) electrons. The quantitative estimate of drug-likeness (QED) is 0.216. The Labute approximate surface area is 213 Å². The van der Waals surface area contributed by atoms with Gasteiger partial charge in [-0.15, -0.1) is 14.0 Å². The second kappa shape index (κ2) is 10.3. The average molecular weight is 520 g/mol. The van der Waals surface area contributed by atoms with Crippen molar-refractivity contribution in [1.29, 1.82) is 0 Å². The molecule has 12 heteroatoms. The summed E-state index contributed by atoms with van der Waals surface area (Å²) in [5.41, 5.74) is 6.53. The number of aliphatic imine (C=N–C) groups is 1. The molecule has 4 aromatic rings. The van der Waals surface area contributed by atoms with Crippen LogP contribution in [0.4, 0.5) is 20.2 Å². The van der Waals surface area contributed by atoms with E-state index in [-0.39, 0.29) is 11.4 Å². The number of anilines is 1. The van der Waals surface area contributed by atoms with Crippen molar-refractivity contribution in [2.75, 3.05) is 5.32 Å². The van der Waals surface area contributed by atoms with Crippen molar-refractivity contribution in [1.82, 2.24) is 25.0 Å². The zero-order chi connectivity index (χ0) is 26.7. The van der Waals surface area contributed by atoms with Gasteiger partial charge in [0.15, 0.2) is 5.82 Å². The minimum absolute atomic E-state index is 0.206. The van der Waals surface area contributed by atoms with E-state index in [2.05, 4.69) is 46.3 Å². The molecule has 1 unspecified atom stereocenters. The fraction of sp³-hybridized carbons (Fsp3) is 0.120. The number of pyridine rings is 2. The first-order chi connectivity index (χ1) is 17.6.